The van der Waals surface area contributed by atoms with Crippen molar-refractivity contribution in [2.24, 2.45) is 10.9 Å². The van der Waals surface area contributed by atoms with E-state index in [-0.39, 0.29) is 11.3 Å². The van der Waals surface area contributed by atoms with Crippen LogP contribution in [-0.2, 0) is 12.0 Å². The van der Waals surface area contributed by atoms with Gasteiger partial charge in [0.2, 0.25) is 0 Å². The zero-order chi connectivity index (χ0) is 17.5. The van der Waals surface area contributed by atoms with Gasteiger partial charge in [-0.15, -0.1) is 11.3 Å². The Labute approximate surface area is 147 Å². The summed E-state index contributed by atoms with van der Waals surface area (Å²) in [6.45, 7) is 11.7. The highest BCUT2D eigenvalue weighted by atomic mass is 32.1. The Kier molecular flexibility index (Phi) is 4.47. The van der Waals surface area contributed by atoms with Crippen LogP contribution in [0.3, 0.4) is 0 Å². The van der Waals surface area contributed by atoms with E-state index in [1.807, 2.05) is 13.0 Å². The Morgan fingerprint density at radius 2 is 2.04 bits per heavy atom. The number of pyridine rings is 1. The van der Waals surface area contributed by atoms with Gasteiger partial charge in [-0.2, -0.15) is 4.99 Å². The maximum Gasteiger partial charge on any atom is 0.281 e. The summed E-state index contributed by atoms with van der Waals surface area (Å²) in [5.74, 6) is 0.523. The molecule has 1 amide bonds. The SMILES string of the molecule is Cc1ccc(C(=O)N=c2sc(C(C)(C)C)c(C)n2CC2CC2)cn1. The maximum absolute atomic E-state index is 12.5. The van der Waals surface area contributed by atoms with E-state index in [4.69, 9.17) is 0 Å². The van der Waals surface area contributed by atoms with Crippen molar-refractivity contribution in [1.29, 1.82) is 0 Å². The molecule has 0 saturated heterocycles. The Morgan fingerprint density at radius 3 is 2.58 bits per heavy atom. The van der Waals surface area contributed by atoms with Gasteiger partial charge in [0.1, 0.15) is 0 Å². The molecule has 128 valence electrons. The third-order valence-electron chi connectivity index (χ3n) is 4.33. The lowest BCUT2D eigenvalue weighted by Gasteiger charge is -2.17. The Hall–Kier alpha value is -1.75. The van der Waals surface area contributed by atoms with E-state index >= 15 is 0 Å². The van der Waals surface area contributed by atoms with Gasteiger partial charge in [0.15, 0.2) is 4.80 Å². The van der Waals surface area contributed by atoms with Crippen LogP contribution in [0.2, 0.25) is 0 Å². The summed E-state index contributed by atoms with van der Waals surface area (Å²) >= 11 is 1.64. The minimum atomic E-state index is -0.214. The second-order valence-corrected chi connectivity index (χ2v) is 8.69. The van der Waals surface area contributed by atoms with E-state index in [1.54, 1.807) is 23.6 Å². The Morgan fingerprint density at radius 1 is 1.33 bits per heavy atom. The summed E-state index contributed by atoms with van der Waals surface area (Å²) in [5, 5.41) is 0. The van der Waals surface area contributed by atoms with Crippen molar-refractivity contribution < 1.29 is 4.79 Å². The van der Waals surface area contributed by atoms with Crippen LogP contribution in [-0.4, -0.2) is 15.5 Å². The fourth-order valence-corrected chi connectivity index (χ4v) is 3.98. The minimum absolute atomic E-state index is 0.0578. The summed E-state index contributed by atoms with van der Waals surface area (Å²) < 4.78 is 2.24. The molecule has 5 heteroatoms. The molecular formula is C19H25N3OS. The van der Waals surface area contributed by atoms with E-state index in [0.717, 1.165) is 23.0 Å². The molecule has 1 aliphatic carbocycles. The van der Waals surface area contributed by atoms with Gasteiger partial charge < -0.3 is 4.57 Å². The van der Waals surface area contributed by atoms with Crippen LogP contribution in [0.25, 0.3) is 0 Å². The van der Waals surface area contributed by atoms with Gasteiger partial charge in [0, 0.05) is 29.0 Å². The third-order valence-corrected chi connectivity index (χ3v) is 5.94. The lowest BCUT2D eigenvalue weighted by Crippen LogP contribution is -2.20. The molecule has 24 heavy (non-hydrogen) atoms. The van der Waals surface area contributed by atoms with Crippen LogP contribution >= 0.6 is 11.3 Å². The van der Waals surface area contributed by atoms with Crippen molar-refractivity contribution in [2.75, 3.05) is 0 Å². The molecule has 1 aliphatic rings. The van der Waals surface area contributed by atoms with Gasteiger partial charge in [-0.1, -0.05) is 20.8 Å². The number of aromatic nitrogens is 2. The number of carbonyl (C=O) groups excluding carboxylic acids is 1. The third kappa shape index (κ3) is 3.66. The van der Waals surface area contributed by atoms with Crippen LogP contribution in [0.5, 0.6) is 0 Å². The van der Waals surface area contributed by atoms with Crippen LogP contribution in [0.15, 0.2) is 23.3 Å². The second kappa shape index (κ2) is 6.28. The summed E-state index contributed by atoms with van der Waals surface area (Å²) in [6.07, 6.45) is 4.17. The highest BCUT2D eigenvalue weighted by Gasteiger charge is 2.27. The molecule has 3 rings (SSSR count). The van der Waals surface area contributed by atoms with E-state index in [9.17, 15) is 4.79 Å². The zero-order valence-corrected chi connectivity index (χ0v) is 15.9. The molecule has 1 saturated carbocycles. The molecule has 0 bridgehead atoms. The minimum Gasteiger partial charge on any atom is -0.320 e. The summed E-state index contributed by atoms with van der Waals surface area (Å²) in [7, 11) is 0. The van der Waals surface area contributed by atoms with Gasteiger partial charge in [-0.25, -0.2) is 0 Å². The predicted molar refractivity (Wildman–Crippen MR) is 97.3 cm³/mol. The quantitative estimate of drug-likeness (QED) is 0.845. The monoisotopic (exact) mass is 343 g/mol. The van der Waals surface area contributed by atoms with Gasteiger partial charge in [-0.05, 0) is 50.2 Å². The van der Waals surface area contributed by atoms with Crippen LogP contribution in [0.1, 0.15) is 60.2 Å². The van der Waals surface area contributed by atoms with E-state index in [1.165, 1.54) is 23.4 Å². The number of aryl methyl sites for hydroxylation is 1. The number of amides is 1. The van der Waals surface area contributed by atoms with Crippen molar-refractivity contribution in [2.45, 2.75) is 59.4 Å². The first-order valence-electron chi connectivity index (χ1n) is 8.48. The second-order valence-electron chi connectivity index (χ2n) is 7.71. The average molecular weight is 343 g/mol. The van der Waals surface area contributed by atoms with Crippen molar-refractivity contribution in [3.63, 3.8) is 0 Å². The fraction of sp³-hybridized carbons (Fsp3) is 0.526. The molecule has 1 fully saturated rings. The Bertz CT molecular complexity index is 818. The fourth-order valence-electron chi connectivity index (χ4n) is 2.78. The number of thiazole rings is 1. The number of carbonyl (C=O) groups is 1. The summed E-state index contributed by atoms with van der Waals surface area (Å²) in [4.78, 5) is 23.3. The molecule has 2 aromatic heterocycles. The normalized spacial score (nSPS) is 15.8. The van der Waals surface area contributed by atoms with E-state index in [2.05, 4.69) is 42.2 Å². The lowest BCUT2D eigenvalue weighted by atomic mass is 9.93. The van der Waals surface area contributed by atoms with Gasteiger partial charge in [-0.3, -0.25) is 9.78 Å². The maximum atomic E-state index is 12.5. The molecule has 0 radical (unpaired) electrons. The smallest absolute Gasteiger partial charge is 0.281 e. The number of rotatable bonds is 3. The van der Waals surface area contributed by atoms with Gasteiger partial charge >= 0.3 is 0 Å². The zero-order valence-electron chi connectivity index (χ0n) is 15.1. The Balaban J connectivity index is 2.04. The molecule has 4 nitrogen and oxygen atoms in total. The van der Waals surface area contributed by atoms with Crippen LogP contribution in [0, 0.1) is 19.8 Å². The standard InChI is InChI=1S/C19H25N3OS/c1-12-6-9-15(10-20-12)17(23)21-18-22(11-14-7-8-14)13(2)16(24-18)19(3,4)5/h6,9-10,14H,7-8,11H2,1-5H3. The highest BCUT2D eigenvalue weighted by molar-refractivity contribution is 7.09. The van der Waals surface area contributed by atoms with Crippen molar-refractivity contribution in [3.8, 4) is 0 Å². The molecule has 0 aromatic carbocycles. The molecule has 0 spiro atoms. The molecular weight excluding hydrogens is 318 g/mol. The summed E-state index contributed by atoms with van der Waals surface area (Å²) in [6, 6.07) is 3.64. The van der Waals surface area contributed by atoms with E-state index < -0.39 is 0 Å². The van der Waals surface area contributed by atoms with Gasteiger partial charge in [0.05, 0.1) is 5.56 Å². The molecule has 2 aromatic rings. The van der Waals surface area contributed by atoms with Crippen LogP contribution in [0.4, 0.5) is 0 Å². The first kappa shape index (κ1) is 17.1. The summed E-state index contributed by atoms with van der Waals surface area (Å²) in [5.41, 5.74) is 2.75. The van der Waals surface area contributed by atoms with Crippen molar-refractivity contribution in [1.82, 2.24) is 9.55 Å². The first-order valence-corrected chi connectivity index (χ1v) is 9.30. The number of hydrogen-bond donors (Lipinski definition) is 0. The van der Waals surface area contributed by atoms with Crippen molar-refractivity contribution >= 4 is 17.2 Å². The topological polar surface area (TPSA) is 47.2 Å². The first-order chi connectivity index (χ1) is 11.3. The number of nitrogens with zero attached hydrogens (tertiary/aromatic N) is 3. The van der Waals surface area contributed by atoms with E-state index in [0.29, 0.717) is 5.56 Å². The average Bonchev–Trinajstić information content (AvgIpc) is 3.26. The lowest BCUT2D eigenvalue weighted by molar-refractivity contribution is 0.0997. The predicted octanol–water partition coefficient (Wildman–Crippen LogP) is 4.01. The molecule has 0 unspecified atom stereocenters. The molecule has 0 N–H and O–H groups in total. The van der Waals surface area contributed by atoms with Gasteiger partial charge in [0.25, 0.3) is 5.91 Å². The molecule has 0 aliphatic heterocycles. The molecule has 0 atom stereocenters. The largest absolute Gasteiger partial charge is 0.320 e. The number of hydrogen-bond acceptors (Lipinski definition) is 3. The van der Waals surface area contributed by atoms with Crippen LogP contribution < -0.4 is 4.80 Å². The van der Waals surface area contributed by atoms with Crippen molar-refractivity contribution in [3.05, 3.63) is 45.0 Å². The molecule has 2 heterocycles. The highest BCUT2D eigenvalue weighted by Crippen LogP contribution is 2.33.